The molecule has 0 spiro atoms. The predicted octanol–water partition coefficient (Wildman–Crippen LogP) is 4.53. The number of hydrogen-bond donors (Lipinski definition) is 0. The zero-order valence-corrected chi connectivity index (χ0v) is 16.0. The Morgan fingerprint density at radius 1 is 1.12 bits per heavy atom. The van der Waals surface area contributed by atoms with Crippen LogP contribution in [0.25, 0.3) is 10.9 Å². The Morgan fingerprint density at radius 3 is 2.77 bits per heavy atom. The predicted molar refractivity (Wildman–Crippen MR) is 108 cm³/mol. The average Bonchev–Trinajstić information content (AvgIpc) is 2.66. The van der Waals surface area contributed by atoms with Crippen molar-refractivity contribution in [3.8, 4) is 0 Å². The first kappa shape index (κ1) is 17.1. The van der Waals surface area contributed by atoms with Crippen LogP contribution in [0.1, 0.15) is 22.3 Å². The van der Waals surface area contributed by atoms with Crippen molar-refractivity contribution in [1.82, 2.24) is 9.88 Å². The summed E-state index contributed by atoms with van der Waals surface area (Å²) in [5.74, 6) is 0.628. The molecule has 0 fully saturated rings. The van der Waals surface area contributed by atoms with E-state index in [9.17, 15) is 4.79 Å². The fourth-order valence-corrected chi connectivity index (χ4v) is 4.33. The number of rotatable bonds is 3. The largest absolute Gasteiger partial charge is 0.337 e. The number of carbonyl (C=O) groups excluding carboxylic acids is 1. The number of aromatic nitrogens is 1. The fourth-order valence-electron chi connectivity index (χ4n) is 3.44. The lowest BCUT2D eigenvalue weighted by Gasteiger charge is -2.28. The molecule has 1 amide bonds. The van der Waals surface area contributed by atoms with Crippen molar-refractivity contribution in [1.29, 1.82) is 0 Å². The van der Waals surface area contributed by atoms with E-state index < -0.39 is 0 Å². The number of fused-ring (bicyclic) bond motifs is 2. The minimum absolute atomic E-state index is 0.190. The second-order valence-corrected chi connectivity index (χ2v) is 7.89. The number of benzene rings is 2. The fraction of sp³-hybridized carbons (Fsp3) is 0.273. The van der Waals surface area contributed by atoms with E-state index in [0.29, 0.717) is 5.75 Å². The first-order valence-corrected chi connectivity index (χ1v) is 9.94. The first-order chi connectivity index (χ1) is 12.6. The number of nitrogens with zero attached hydrogens (tertiary/aromatic N) is 2. The van der Waals surface area contributed by atoms with Crippen molar-refractivity contribution < 1.29 is 4.79 Å². The first-order valence-electron chi connectivity index (χ1n) is 8.95. The van der Waals surface area contributed by atoms with Gasteiger partial charge >= 0.3 is 0 Å². The smallest absolute Gasteiger partial charge is 0.233 e. The molecular weight excluding hydrogens is 340 g/mol. The molecule has 3 aromatic rings. The normalized spacial score (nSPS) is 13.7. The molecule has 0 unspecified atom stereocenters. The van der Waals surface area contributed by atoms with Crippen molar-refractivity contribution in [2.75, 3.05) is 12.3 Å². The van der Waals surface area contributed by atoms with Gasteiger partial charge in [-0.2, -0.15) is 0 Å². The summed E-state index contributed by atoms with van der Waals surface area (Å²) in [5, 5.41) is 2.10. The standard InChI is InChI=1S/C22H22N2OS/c1-15-7-8-18-12-16(2)22(23-20(18)11-15)26-14-21(25)24-10-9-17-5-3-4-6-19(17)13-24/h3-8,11-12H,9-10,13-14H2,1-2H3. The van der Waals surface area contributed by atoms with E-state index in [1.807, 2.05) is 11.0 Å². The molecule has 2 heterocycles. The minimum Gasteiger partial charge on any atom is -0.337 e. The molecule has 0 atom stereocenters. The molecule has 1 aliphatic rings. The topological polar surface area (TPSA) is 33.2 Å². The van der Waals surface area contributed by atoms with Gasteiger partial charge in [0.05, 0.1) is 11.3 Å². The van der Waals surface area contributed by atoms with Gasteiger partial charge in [0.15, 0.2) is 0 Å². The highest BCUT2D eigenvalue weighted by Crippen LogP contribution is 2.26. The third kappa shape index (κ3) is 3.47. The monoisotopic (exact) mass is 362 g/mol. The zero-order valence-electron chi connectivity index (χ0n) is 15.2. The van der Waals surface area contributed by atoms with Crippen LogP contribution >= 0.6 is 11.8 Å². The molecule has 2 aromatic carbocycles. The summed E-state index contributed by atoms with van der Waals surface area (Å²) in [7, 11) is 0. The second-order valence-electron chi connectivity index (χ2n) is 6.93. The van der Waals surface area contributed by atoms with Crippen molar-refractivity contribution >= 4 is 28.6 Å². The number of pyridine rings is 1. The van der Waals surface area contributed by atoms with Crippen LogP contribution < -0.4 is 0 Å². The molecule has 1 aromatic heterocycles. The number of thioether (sulfide) groups is 1. The molecule has 3 nitrogen and oxygen atoms in total. The SMILES string of the molecule is Cc1ccc2cc(C)c(SCC(=O)N3CCc4ccccc4C3)nc2c1. The summed E-state index contributed by atoms with van der Waals surface area (Å²) in [6.45, 7) is 5.67. The molecular formula is C22H22N2OS. The quantitative estimate of drug-likeness (QED) is 0.642. The highest BCUT2D eigenvalue weighted by atomic mass is 32.2. The van der Waals surface area contributed by atoms with Crippen LogP contribution in [0, 0.1) is 13.8 Å². The summed E-state index contributed by atoms with van der Waals surface area (Å²) < 4.78 is 0. The molecule has 0 N–H and O–H groups in total. The third-order valence-electron chi connectivity index (χ3n) is 4.93. The van der Waals surface area contributed by atoms with Gasteiger partial charge in [0.1, 0.15) is 5.03 Å². The van der Waals surface area contributed by atoms with E-state index >= 15 is 0 Å². The van der Waals surface area contributed by atoms with Gasteiger partial charge in [-0.15, -0.1) is 0 Å². The maximum atomic E-state index is 12.7. The highest BCUT2D eigenvalue weighted by Gasteiger charge is 2.20. The molecule has 0 saturated heterocycles. The minimum atomic E-state index is 0.190. The molecule has 132 valence electrons. The van der Waals surface area contributed by atoms with Gasteiger partial charge in [0.2, 0.25) is 5.91 Å². The van der Waals surface area contributed by atoms with Crippen LogP contribution in [-0.4, -0.2) is 28.1 Å². The Kier molecular flexibility index (Phi) is 4.68. The Bertz CT molecular complexity index is 983. The third-order valence-corrected chi connectivity index (χ3v) is 6.01. The number of carbonyl (C=O) groups is 1. The average molecular weight is 362 g/mol. The van der Waals surface area contributed by atoms with Crippen molar-refractivity contribution in [2.24, 2.45) is 0 Å². The van der Waals surface area contributed by atoms with Crippen LogP contribution in [0.15, 0.2) is 53.6 Å². The van der Waals surface area contributed by atoms with Gasteiger partial charge in [0, 0.05) is 18.5 Å². The lowest BCUT2D eigenvalue weighted by atomic mass is 10.00. The Labute approximate surface area is 158 Å². The van der Waals surface area contributed by atoms with Crippen LogP contribution in [0.4, 0.5) is 0 Å². The Balaban J connectivity index is 1.46. The van der Waals surface area contributed by atoms with Gasteiger partial charge in [-0.25, -0.2) is 4.98 Å². The lowest BCUT2D eigenvalue weighted by molar-refractivity contribution is -0.129. The molecule has 26 heavy (non-hydrogen) atoms. The molecule has 0 aliphatic carbocycles. The van der Waals surface area contributed by atoms with Gasteiger partial charge in [-0.1, -0.05) is 48.2 Å². The van der Waals surface area contributed by atoms with E-state index in [1.54, 1.807) is 11.8 Å². The van der Waals surface area contributed by atoms with Crippen molar-refractivity contribution in [3.63, 3.8) is 0 Å². The lowest BCUT2D eigenvalue weighted by Crippen LogP contribution is -2.37. The molecule has 4 heteroatoms. The van der Waals surface area contributed by atoms with Crippen molar-refractivity contribution in [2.45, 2.75) is 31.8 Å². The molecule has 0 bridgehead atoms. The van der Waals surface area contributed by atoms with E-state index in [1.165, 1.54) is 16.7 Å². The van der Waals surface area contributed by atoms with Crippen LogP contribution in [0.5, 0.6) is 0 Å². The Hall–Kier alpha value is -2.33. The molecule has 0 radical (unpaired) electrons. The van der Waals surface area contributed by atoms with Crippen LogP contribution in [0.2, 0.25) is 0 Å². The number of hydrogen-bond acceptors (Lipinski definition) is 3. The van der Waals surface area contributed by atoms with Gasteiger partial charge in [-0.3, -0.25) is 4.79 Å². The van der Waals surface area contributed by atoms with Crippen LogP contribution in [-0.2, 0) is 17.8 Å². The summed E-state index contributed by atoms with van der Waals surface area (Å²) in [6.07, 6.45) is 0.944. The molecule has 1 aliphatic heterocycles. The van der Waals surface area contributed by atoms with E-state index in [2.05, 4.69) is 56.3 Å². The second kappa shape index (κ2) is 7.12. The van der Waals surface area contributed by atoms with Gasteiger partial charge in [0.25, 0.3) is 0 Å². The van der Waals surface area contributed by atoms with E-state index in [0.717, 1.165) is 41.0 Å². The molecule has 0 saturated carbocycles. The highest BCUT2D eigenvalue weighted by molar-refractivity contribution is 7.99. The van der Waals surface area contributed by atoms with E-state index in [4.69, 9.17) is 4.98 Å². The maximum absolute atomic E-state index is 12.7. The van der Waals surface area contributed by atoms with Gasteiger partial charge < -0.3 is 4.90 Å². The number of amides is 1. The van der Waals surface area contributed by atoms with Crippen LogP contribution in [0.3, 0.4) is 0 Å². The summed E-state index contributed by atoms with van der Waals surface area (Å²) >= 11 is 1.55. The zero-order chi connectivity index (χ0) is 18.1. The van der Waals surface area contributed by atoms with E-state index in [-0.39, 0.29) is 5.91 Å². The number of aryl methyl sites for hydroxylation is 2. The molecule has 4 rings (SSSR count). The van der Waals surface area contributed by atoms with Gasteiger partial charge in [-0.05, 0) is 54.7 Å². The maximum Gasteiger partial charge on any atom is 0.233 e. The summed E-state index contributed by atoms with van der Waals surface area (Å²) in [5.41, 5.74) is 5.97. The summed E-state index contributed by atoms with van der Waals surface area (Å²) in [6, 6.07) is 16.9. The Morgan fingerprint density at radius 2 is 1.92 bits per heavy atom. The van der Waals surface area contributed by atoms with Crippen molar-refractivity contribution in [3.05, 3.63) is 70.8 Å². The summed E-state index contributed by atoms with van der Waals surface area (Å²) in [4.78, 5) is 19.4.